The van der Waals surface area contributed by atoms with Crippen LogP contribution in [0.15, 0.2) is 14.9 Å². The third kappa shape index (κ3) is 3.22. The second-order valence-corrected chi connectivity index (χ2v) is 7.03. The molecule has 1 aliphatic heterocycles. The van der Waals surface area contributed by atoms with Gasteiger partial charge in [0.15, 0.2) is 0 Å². The number of thiocyanates is 1. The predicted molar refractivity (Wildman–Crippen MR) is 81.0 cm³/mol. The van der Waals surface area contributed by atoms with Crippen LogP contribution in [0.2, 0.25) is 0 Å². The van der Waals surface area contributed by atoms with Gasteiger partial charge < -0.3 is 0 Å². The summed E-state index contributed by atoms with van der Waals surface area (Å²) in [6.07, 6.45) is 2.03. The molecule has 0 bridgehead atoms. The first-order valence-corrected chi connectivity index (χ1v) is 8.65. The molecule has 16 heavy (non-hydrogen) atoms. The van der Waals surface area contributed by atoms with E-state index in [4.69, 9.17) is 10.3 Å². The number of hydrogen-bond donors (Lipinski definition) is 0. The molecule has 2 nitrogen and oxygen atoms in total. The summed E-state index contributed by atoms with van der Waals surface area (Å²) in [5, 5.41) is 11.3. The van der Waals surface area contributed by atoms with Crippen LogP contribution in [0.5, 0.6) is 0 Å². The Hall–Kier alpha value is 0.430. The Morgan fingerprint density at radius 2 is 2.25 bits per heavy atom. The highest BCUT2D eigenvalue weighted by Crippen LogP contribution is 2.47. The summed E-state index contributed by atoms with van der Waals surface area (Å²) in [6.45, 7) is 4.34. The summed E-state index contributed by atoms with van der Waals surface area (Å²) in [4.78, 5) is 8.07. The van der Waals surface area contributed by atoms with Crippen molar-refractivity contribution in [3.05, 3.63) is 9.89 Å². The van der Waals surface area contributed by atoms with Crippen LogP contribution in [0.4, 0.5) is 0 Å². The number of rotatable bonds is 4. The number of halogens is 1. The van der Waals surface area contributed by atoms with Crippen molar-refractivity contribution in [2.75, 3.05) is 5.08 Å². The fraction of sp³-hybridized carbons (Fsp3) is 0.600. The topological polar surface area (TPSA) is 36.1 Å². The van der Waals surface area contributed by atoms with Crippen LogP contribution >= 0.6 is 51.2 Å². The Bertz CT molecular complexity index is 342. The first-order chi connectivity index (χ1) is 7.72. The van der Waals surface area contributed by atoms with E-state index in [2.05, 4.69) is 35.2 Å². The molecule has 0 atom stereocenters. The average Bonchev–Trinajstić information content (AvgIpc) is 2.68. The molecule has 0 aromatic carbocycles. The zero-order valence-electron chi connectivity index (χ0n) is 9.20. The highest BCUT2D eigenvalue weighted by atomic mass is 79.9. The van der Waals surface area contributed by atoms with E-state index in [1.54, 1.807) is 23.5 Å². The molecule has 1 heterocycles. The van der Waals surface area contributed by atoms with Crippen LogP contribution in [0.3, 0.4) is 0 Å². The highest BCUT2D eigenvalue weighted by molar-refractivity contribution is 9.11. The minimum Gasteiger partial charge on any atom is -0.259 e. The third-order valence-corrected chi connectivity index (χ3v) is 6.29. The summed E-state index contributed by atoms with van der Waals surface area (Å²) in [7, 11) is 0. The molecule has 0 fully saturated rings. The highest BCUT2D eigenvalue weighted by Gasteiger charge is 2.37. The molecule has 0 radical (unpaired) electrons. The first-order valence-electron chi connectivity index (χ1n) is 4.94. The molecule has 88 valence electrons. The van der Waals surface area contributed by atoms with Gasteiger partial charge >= 0.3 is 0 Å². The van der Waals surface area contributed by atoms with Gasteiger partial charge in [0.2, 0.25) is 0 Å². The smallest absolute Gasteiger partial charge is 0.134 e. The van der Waals surface area contributed by atoms with Gasteiger partial charge in [-0.3, -0.25) is 4.99 Å². The van der Waals surface area contributed by atoms with Gasteiger partial charge in [0.1, 0.15) is 9.78 Å². The van der Waals surface area contributed by atoms with Crippen LogP contribution in [0, 0.1) is 10.7 Å². The van der Waals surface area contributed by atoms with E-state index in [1.165, 1.54) is 16.7 Å². The molecule has 6 heteroatoms. The predicted octanol–water partition coefficient (Wildman–Crippen LogP) is 4.79. The van der Waals surface area contributed by atoms with Crippen molar-refractivity contribution in [1.82, 2.24) is 0 Å². The number of nitriles is 1. The lowest BCUT2D eigenvalue weighted by molar-refractivity contribution is 0.496. The van der Waals surface area contributed by atoms with Crippen molar-refractivity contribution in [2.24, 2.45) is 4.99 Å². The zero-order valence-corrected chi connectivity index (χ0v) is 13.2. The summed E-state index contributed by atoms with van der Waals surface area (Å²) < 4.78 is 1.08. The molecule has 1 rings (SSSR count). The first kappa shape index (κ1) is 14.5. The molecule has 0 aromatic rings. The maximum absolute atomic E-state index is 8.47. The Morgan fingerprint density at radius 3 is 2.69 bits per heavy atom. The minimum absolute atomic E-state index is 0.0339. The van der Waals surface area contributed by atoms with Gasteiger partial charge in [0.05, 0.1) is 10.6 Å². The fourth-order valence-electron chi connectivity index (χ4n) is 1.49. The second kappa shape index (κ2) is 7.00. The van der Waals surface area contributed by atoms with Gasteiger partial charge in [-0.15, -0.1) is 0 Å². The number of hydrogen-bond acceptors (Lipinski definition) is 5. The number of nitrogens with zero attached hydrogens (tertiary/aromatic N) is 2. The molecular weight excluding hydrogens is 324 g/mol. The van der Waals surface area contributed by atoms with E-state index in [1.807, 2.05) is 4.99 Å². The maximum atomic E-state index is 8.47. The SMILES string of the molecule is CCC1(CC)N=C(SCSC#N)S/C1=C\Br. The summed E-state index contributed by atoms with van der Waals surface area (Å²) >= 11 is 8.06. The van der Waals surface area contributed by atoms with Crippen LogP contribution in [-0.4, -0.2) is 15.0 Å². The molecule has 0 unspecified atom stereocenters. The zero-order chi connectivity index (χ0) is 12.0. The lowest BCUT2D eigenvalue weighted by atomic mass is 9.94. The van der Waals surface area contributed by atoms with Crippen molar-refractivity contribution >= 4 is 55.6 Å². The van der Waals surface area contributed by atoms with Gasteiger partial charge in [0.25, 0.3) is 0 Å². The Kier molecular flexibility index (Phi) is 6.34. The van der Waals surface area contributed by atoms with Gasteiger partial charge in [-0.25, -0.2) is 0 Å². The summed E-state index contributed by atoms with van der Waals surface area (Å²) in [5.74, 6) is 0. The van der Waals surface area contributed by atoms with Crippen molar-refractivity contribution in [1.29, 1.82) is 5.26 Å². The molecule has 1 aliphatic rings. The third-order valence-electron chi connectivity index (χ3n) is 2.54. The monoisotopic (exact) mass is 336 g/mol. The molecule has 0 spiro atoms. The Balaban J connectivity index is 2.73. The minimum atomic E-state index is -0.0339. The molecule has 0 amide bonds. The van der Waals surface area contributed by atoms with Gasteiger partial charge in [0, 0.05) is 4.91 Å². The van der Waals surface area contributed by atoms with E-state index in [0.29, 0.717) is 0 Å². The van der Waals surface area contributed by atoms with Crippen molar-refractivity contribution in [3.63, 3.8) is 0 Å². The quantitative estimate of drug-likeness (QED) is 0.420. The van der Waals surface area contributed by atoms with Crippen molar-refractivity contribution < 1.29 is 0 Å². The van der Waals surface area contributed by atoms with Gasteiger partial charge in [-0.1, -0.05) is 53.3 Å². The molecule has 0 aliphatic carbocycles. The summed E-state index contributed by atoms with van der Waals surface area (Å²) in [5.41, 5.74) is -0.0339. The molecule has 0 saturated heterocycles. The van der Waals surface area contributed by atoms with E-state index in [-0.39, 0.29) is 5.54 Å². The lowest BCUT2D eigenvalue weighted by Gasteiger charge is -2.23. The Morgan fingerprint density at radius 1 is 1.56 bits per heavy atom. The molecular formula is C10H13BrN2S3. The number of thioether (sulfide) groups is 3. The van der Waals surface area contributed by atoms with Crippen LogP contribution in [-0.2, 0) is 0 Å². The van der Waals surface area contributed by atoms with Crippen LogP contribution in [0.1, 0.15) is 26.7 Å². The van der Waals surface area contributed by atoms with Gasteiger partial charge in [-0.2, -0.15) is 5.26 Å². The lowest BCUT2D eigenvalue weighted by Crippen LogP contribution is -2.22. The van der Waals surface area contributed by atoms with Crippen LogP contribution < -0.4 is 0 Å². The average molecular weight is 337 g/mol. The Labute approximate surface area is 118 Å². The number of aliphatic imine (C=N–C) groups is 1. The van der Waals surface area contributed by atoms with Gasteiger partial charge in [-0.05, 0) is 29.6 Å². The second-order valence-electron chi connectivity index (χ2n) is 3.19. The standard InChI is InChI=1S/C10H13BrN2S3/c1-3-10(4-2)8(5-11)16-9(13-10)15-7-14-6-12/h5H,3-4,7H2,1-2H3/b8-5-. The normalized spacial score (nSPS) is 20.9. The summed E-state index contributed by atoms with van der Waals surface area (Å²) in [6, 6.07) is 0. The maximum Gasteiger partial charge on any atom is 0.134 e. The van der Waals surface area contributed by atoms with Crippen molar-refractivity contribution in [2.45, 2.75) is 32.2 Å². The van der Waals surface area contributed by atoms with E-state index >= 15 is 0 Å². The molecule has 0 saturated carbocycles. The molecule has 0 N–H and O–H groups in total. The van der Waals surface area contributed by atoms with Crippen molar-refractivity contribution in [3.8, 4) is 5.40 Å². The largest absolute Gasteiger partial charge is 0.259 e. The van der Waals surface area contributed by atoms with Crippen LogP contribution in [0.25, 0.3) is 0 Å². The van der Waals surface area contributed by atoms with E-state index in [0.717, 1.165) is 22.3 Å². The van der Waals surface area contributed by atoms with E-state index < -0.39 is 0 Å². The molecule has 0 aromatic heterocycles. The van der Waals surface area contributed by atoms with E-state index in [9.17, 15) is 0 Å². The fourth-order valence-corrected chi connectivity index (χ4v) is 5.20.